The van der Waals surface area contributed by atoms with Crippen LogP contribution in [-0.4, -0.2) is 42.0 Å². The summed E-state index contributed by atoms with van der Waals surface area (Å²) in [5.41, 5.74) is 0.123. The van der Waals surface area contributed by atoms with E-state index < -0.39 is 28.7 Å². The van der Waals surface area contributed by atoms with Gasteiger partial charge in [-0.15, -0.1) is 12.4 Å². The van der Waals surface area contributed by atoms with Gasteiger partial charge in [0.05, 0.1) is 18.8 Å². The van der Waals surface area contributed by atoms with Gasteiger partial charge < -0.3 is 9.64 Å². The molecule has 0 unspecified atom stereocenters. The van der Waals surface area contributed by atoms with Gasteiger partial charge in [0.1, 0.15) is 5.54 Å². The van der Waals surface area contributed by atoms with Gasteiger partial charge in [-0.25, -0.2) is 8.78 Å². The van der Waals surface area contributed by atoms with Crippen molar-refractivity contribution in [2.24, 2.45) is 0 Å². The molecule has 1 N–H and O–H groups in total. The van der Waals surface area contributed by atoms with E-state index in [1.54, 1.807) is 18.0 Å². The molecule has 2 atom stereocenters. The van der Waals surface area contributed by atoms with Crippen molar-refractivity contribution in [3.05, 3.63) is 47.5 Å². The Labute approximate surface area is 172 Å². The van der Waals surface area contributed by atoms with Crippen molar-refractivity contribution in [2.75, 3.05) is 20.7 Å². The fraction of sp³-hybridized carbons (Fsp3) is 0.400. The van der Waals surface area contributed by atoms with Crippen LogP contribution in [0.2, 0.25) is 0 Å². The summed E-state index contributed by atoms with van der Waals surface area (Å²) in [7, 11) is 2.86. The molecule has 2 saturated heterocycles. The number of halogens is 4. The molecule has 2 aliphatic rings. The third kappa shape index (κ3) is 3.44. The lowest BCUT2D eigenvalue weighted by molar-refractivity contribution is -0.131. The Balaban J connectivity index is 0.00000240. The summed E-state index contributed by atoms with van der Waals surface area (Å²) in [4.78, 5) is 18.5. The summed E-state index contributed by atoms with van der Waals surface area (Å²) in [5.74, 6) is -4.21. The average molecular weight is 428 g/mol. The molecule has 0 saturated carbocycles. The molecule has 0 bridgehead atoms. The zero-order valence-electron chi connectivity index (χ0n) is 16.0. The molecule has 2 aliphatic heterocycles. The molecule has 0 radical (unpaired) electrons. The van der Waals surface area contributed by atoms with Gasteiger partial charge in [0.2, 0.25) is 11.7 Å². The molecule has 156 valence electrons. The van der Waals surface area contributed by atoms with Gasteiger partial charge in [0.25, 0.3) is 0 Å². The smallest absolute Gasteiger partial charge is 0.242 e. The first-order valence-electron chi connectivity index (χ1n) is 9.07. The second-order valence-corrected chi connectivity index (χ2v) is 7.33. The van der Waals surface area contributed by atoms with Crippen molar-refractivity contribution in [3.8, 4) is 16.9 Å². The highest BCUT2D eigenvalue weighted by atomic mass is 35.5. The van der Waals surface area contributed by atoms with Gasteiger partial charge in [-0.2, -0.15) is 4.39 Å². The molecule has 1 spiro atoms. The van der Waals surface area contributed by atoms with Crippen molar-refractivity contribution in [1.82, 2.24) is 15.2 Å². The molecule has 0 aliphatic carbocycles. The summed E-state index contributed by atoms with van der Waals surface area (Å²) in [6.45, 7) is 0.696. The Morgan fingerprint density at radius 2 is 2.00 bits per heavy atom. The van der Waals surface area contributed by atoms with Gasteiger partial charge in [-0.05, 0) is 43.0 Å². The number of pyridine rings is 1. The summed E-state index contributed by atoms with van der Waals surface area (Å²) >= 11 is 0. The molecule has 9 heteroatoms. The van der Waals surface area contributed by atoms with Crippen LogP contribution in [0.5, 0.6) is 5.75 Å². The molecule has 1 aromatic carbocycles. The monoisotopic (exact) mass is 427 g/mol. The van der Waals surface area contributed by atoms with E-state index in [1.807, 2.05) is 0 Å². The average Bonchev–Trinajstić information content (AvgIpc) is 3.25. The van der Waals surface area contributed by atoms with Gasteiger partial charge in [-0.1, -0.05) is 0 Å². The topological polar surface area (TPSA) is 54.5 Å². The van der Waals surface area contributed by atoms with Crippen molar-refractivity contribution in [1.29, 1.82) is 0 Å². The van der Waals surface area contributed by atoms with Crippen LogP contribution in [-0.2, 0) is 4.79 Å². The second kappa shape index (κ2) is 7.84. The Morgan fingerprint density at radius 3 is 2.66 bits per heavy atom. The van der Waals surface area contributed by atoms with Crippen LogP contribution in [0.15, 0.2) is 24.4 Å². The van der Waals surface area contributed by atoms with E-state index in [0.29, 0.717) is 30.6 Å². The largest absolute Gasteiger partial charge is 0.491 e. The number of amides is 1. The number of carbonyl (C=O) groups excluding carboxylic acids is 1. The van der Waals surface area contributed by atoms with Gasteiger partial charge in [0.15, 0.2) is 17.4 Å². The number of ether oxygens (including phenoxy) is 1. The normalized spacial score (nSPS) is 23.6. The second-order valence-electron chi connectivity index (χ2n) is 7.33. The minimum Gasteiger partial charge on any atom is -0.491 e. The third-order valence-corrected chi connectivity index (χ3v) is 5.71. The molecule has 4 rings (SSSR count). The summed E-state index contributed by atoms with van der Waals surface area (Å²) in [5, 5.41) is 3.38. The highest BCUT2D eigenvalue weighted by Gasteiger charge is 2.50. The number of benzene rings is 1. The van der Waals surface area contributed by atoms with Crippen molar-refractivity contribution in [2.45, 2.75) is 30.8 Å². The predicted molar refractivity (Wildman–Crippen MR) is 103 cm³/mol. The Morgan fingerprint density at radius 1 is 1.24 bits per heavy atom. The fourth-order valence-electron chi connectivity index (χ4n) is 4.17. The number of nitrogens with one attached hydrogen (secondary N) is 1. The molecule has 2 aromatic rings. The SMILES string of the molecule is COc1c(F)cc(-c2ccnc([C@H]3CC[C@@]4(CCN(C)C4=O)N3)c2)c(F)c1F.Cl. The van der Waals surface area contributed by atoms with E-state index in [9.17, 15) is 18.0 Å². The number of likely N-dealkylation sites (tertiary alicyclic amines) is 1. The van der Waals surface area contributed by atoms with E-state index in [4.69, 9.17) is 0 Å². The Hall–Kier alpha value is -2.32. The third-order valence-electron chi connectivity index (χ3n) is 5.71. The van der Waals surface area contributed by atoms with Crippen LogP contribution >= 0.6 is 12.4 Å². The summed E-state index contributed by atoms with van der Waals surface area (Å²) < 4.78 is 47.2. The maximum atomic E-state index is 14.5. The van der Waals surface area contributed by atoms with Crippen LogP contribution in [0.3, 0.4) is 0 Å². The number of aromatic nitrogens is 1. The van der Waals surface area contributed by atoms with Crippen molar-refractivity contribution in [3.63, 3.8) is 0 Å². The van der Waals surface area contributed by atoms with Crippen LogP contribution < -0.4 is 10.1 Å². The minimum absolute atomic E-state index is 0. The highest BCUT2D eigenvalue weighted by molar-refractivity contribution is 5.88. The first-order valence-corrected chi connectivity index (χ1v) is 9.07. The maximum absolute atomic E-state index is 14.5. The quantitative estimate of drug-likeness (QED) is 0.760. The lowest BCUT2D eigenvalue weighted by atomic mass is 9.96. The van der Waals surface area contributed by atoms with Gasteiger partial charge in [0, 0.05) is 25.4 Å². The molecule has 5 nitrogen and oxygen atoms in total. The van der Waals surface area contributed by atoms with E-state index in [1.165, 1.54) is 12.3 Å². The zero-order chi connectivity index (χ0) is 20.1. The Kier molecular flexibility index (Phi) is 5.78. The van der Waals surface area contributed by atoms with Crippen molar-refractivity contribution < 1.29 is 22.7 Å². The number of hydrogen-bond acceptors (Lipinski definition) is 4. The number of carbonyl (C=O) groups is 1. The summed E-state index contributed by atoms with van der Waals surface area (Å²) in [6.07, 6.45) is 3.58. The van der Waals surface area contributed by atoms with E-state index in [2.05, 4.69) is 15.0 Å². The molecule has 3 heterocycles. The molecule has 29 heavy (non-hydrogen) atoms. The van der Waals surface area contributed by atoms with Crippen LogP contribution in [0.25, 0.3) is 11.1 Å². The highest BCUT2D eigenvalue weighted by Crippen LogP contribution is 2.39. The van der Waals surface area contributed by atoms with E-state index >= 15 is 0 Å². The number of rotatable bonds is 3. The van der Waals surface area contributed by atoms with Gasteiger partial charge >= 0.3 is 0 Å². The zero-order valence-corrected chi connectivity index (χ0v) is 16.8. The maximum Gasteiger partial charge on any atom is 0.242 e. The Bertz CT molecular complexity index is 959. The fourth-order valence-corrected chi connectivity index (χ4v) is 4.17. The number of likely N-dealkylation sites (N-methyl/N-ethyl adjacent to an activating group) is 1. The predicted octanol–water partition coefficient (Wildman–Crippen LogP) is 3.62. The number of nitrogens with zero attached hydrogens (tertiary/aromatic N) is 2. The molecule has 1 aromatic heterocycles. The molecular weight excluding hydrogens is 407 g/mol. The van der Waals surface area contributed by atoms with E-state index in [0.717, 1.165) is 19.6 Å². The first kappa shape index (κ1) is 21.4. The van der Waals surface area contributed by atoms with Crippen LogP contribution in [0.4, 0.5) is 13.2 Å². The lowest BCUT2D eigenvalue weighted by Gasteiger charge is -2.23. The number of hydrogen-bond donors (Lipinski definition) is 1. The molecule has 2 fully saturated rings. The first-order chi connectivity index (χ1) is 13.4. The summed E-state index contributed by atoms with van der Waals surface area (Å²) in [6, 6.07) is 3.82. The van der Waals surface area contributed by atoms with Crippen molar-refractivity contribution >= 4 is 18.3 Å². The molecular formula is C20H21ClF3N3O2. The molecule has 1 amide bonds. The van der Waals surface area contributed by atoms with E-state index in [-0.39, 0.29) is 29.9 Å². The van der Waals surface area contributed by atoms with Crippen LogP contribution in [0, 0.1) is 17.5 Å². The lowest BCUT2D eigenvalue weighted by Crippen LogP contribution is -2.47. The van der Waals surface area contributed by atoms with Crippen LogP contribution in [0.1, 0.15) is 31.0 Å². The minimum atomic E-state index is -1.37. The standard InChI is InChI=1S/C20H20F3N3O2.ClH/c1-26-8-6-20(19(26)27)5-3-14(25-20)15-9-11(4-7-24-15)12-10-13(21)18(28-2)17(23)16(12)22;/h4,7,9-10,14,25H,3,5-6,8H2,1-2H3;1H/t14-,20+;/m1./s1. The van der Waals surface area contributed by atoms with Gasteiger partial charge in [-0.3, -0.25) is 15.1 Å². The number of methoxy groups -OCH3 is 1.